The smallest absolute Gasteiger partial charge is 0.341 e. The number of phenols is 1. The third-order valence-corrected chi connectivity index (χ3v) is 25.8. The van der Waals surface area contributed by atoms with Crippen molar-refractivity contribution in [3.05, 3.63) is 232 Å². The van der Waals surface area contributed by atoms with Gasteiger partial charge in [0.1, 0.15) is 78.5 Å². The highest BCUT2D eigenvalue weighted by atomic mass is 32.2. The number of nitrogens with one attached hydrogen (secondary N) is 2. The maximum absolute atomic E-state index is 14.5. The Balaban J connectivity index is 0.000000171. The quantitative estimate of drug-likeness (QED) is 0.00698. The summed E-state index contributed by atoms with van der Waals surface area (Å²) in [7, 11) is 10.7. The molecular formula is C96H105FN18O17S6. The molecule has 7 heterocycles. The van der Waals surface area contributed by atoms with Gasteiger partial charge in [0.05, 0.1) is 113 Å². The zero-order valence-corrected chi connectivity index (χ0v) is 82.4. The summed E-state index contributed by atoms with van der Waals surface area (Å²) in [6.45, 7) is 18.5. The van der Waals surface area contributed by atoms with Crippen LogP contribution in [-0.2, 0) is 30.6 Å². The maximum Gasteiger partial charge on any atom is 0.341 e. The van der Waals surface area contributed by atoms with Crippen LogP contribution in [0.25, 0.3) is 33.5 Å². The summed E-state index contributed by atoms with van der Waals surface area (Å²) in [5.41, 5.74) is 8.79. The van der Waals surface area contributed by atoms with E-state index in [1.165, 1.54) is 99.0 Å². The summed E-state index contributed by atoms with van der Waals surface area (Å²) in [4.78, 5) is 80.5. The number of rotatable bonds is 36. The Morgan fingerprint density at radius 2 is 0.971 bits per heavy atom. The highest BCUT2D eigenvalue weighted by molar-refractivity contribution is 8.15. The van der Waals surface area contributed by atoms with E-state index < -0.39 is 17.5 Å². The summed E-state index contributed by atoms with van der Waals surface area (Å²) < 4.78 is 47.4. The second-order valence-electron chi connectivity index (χ2n) is 30.9. The predicted octanol–water partition coefficient (Wildman–Crippen LogP) is 17.4. The molecule has 0 unspecified atom stereocenters. The average Bonchev–Trinajstić information content (AvgIpc) is 1.40. The number of hydrogen-bond donors (Lipinski definition) is 6. The molecule has 0 spiro atoms. The summed E-state index contributed by atoms with van der Waals surface area (Å²) >= 11 is 8.05. The van der Waals surface area contributed by atoms with Crippen molar-refractivity contribution in [2.45, 2.75) is 76.7 Å². The fraction of sp³-hybridized carbons (Fsp3) is 0.302. The molecule has 0 amide bonds. The van der Waals surface area contributed by atoms with Gasteiger partial charge in [-0.15, -0.1) is 77.7 Å². The number of para-hydroxylation sites is 3. The number of ketones is 4. The molecule has 0 saturated carbocycles. The Labute approximate surface area is 822 Å². The fourth-order valence-corrected chi connectivity index (χ4v) is 17.0. The molecule has 1 fully saturated rings. The van der Waals surface area contributed by atoms with E-state index in [2.05, 4.69) is 120 Å². The van der Waals surface area contributed by atoms with Gasteiger partial charge in [0.25, 0.3) is 5.69 Å². The van der Waals surface area contributed by atoms with E-state index in [0.717, 1.165) is 133 Å². The number of phenolic OH excluding ortho intramolecular Hbond substituents is 1. The number of benzene rings is 8. The SMILES string of the molecule is C=C(O)CSC1=NN=C(c2c(O)ccc3ccccc23)C1.C=C(O)CSC1=NN=C(c2ccc(N3CCN(C)CC3)cc2F)C1.CC(=O)CSC1=NN=C(c2ccccc2OCCCN(C)C)C1.CC(=O)CSc1n[nH]c(-c2ccccc2OCC(=O)O)n1.COc1cc(-c2nc(SCC(C)=O)n[nH]2)c([N+](=O)[O-])cc1OC.COc1cccc(C2=NN=C(SCC(C)=O)C2)c1OCc1ccccc1. The van der Waals surface area contributed by atoms with Crippen LogP contribution in [0.1, 0.15) is 87.6 Å². The van der Waals surface area contributed by atoms with Gasteiger partial charge in [0.2, 0.25) is 10.3 Å². The van der Waals surface area contributed by atoms with Crippen LogP contribution in [0.4, 0.5) is 15.8 Å². The van der Waals surface area contributed by atoms with Gasteiger partial charge in [-0.25, -0.2) is 19.2 Å². The van der Waals surface area contributed by atoms with E-state index in [1.807, 2.05) is 109 Å². The number of Topliss-reactive ketones (excluding diaryl/α,β-unsaturated/α-hetero) is 4. The van der Waals surface area contributed by atoms with Crippen molar-refractivity contribution < 1.29 is 82.1 Å². The minimum atomic E-state index is -1.06. The second-order valence-corrected chi connectivity index (χ2v) is 37.0. The van der Waals surface area contributed by atoms with Gasteiger partial charge >= 0.3 is 5.97 Å². The number of nitro groups is 1. The number of methoxy groups -OCH3 is 3. The van der Waals surface area contributed by atoms with Gasteiger partial charge in [-0.05, 0) is 132 Å². The number of aromatic nitrogens is 6. The van der Waals surface area contributed by atoms with E-state index in [4.69, 9.17) is 43.7 Å². The normalized spacial score (nSPS) is 13.5. The molecule has 0 aliphatic carbocycles. The number of H-pyrrole nitrogens is 2. The first-order valence-corrected chi connectivity index (χ1v) is 48.7. The monoisotopic (exact) mass is 1990 g/mol. The third-order valence-electron chi connectivity index (χ3n) is 19.6. The van der Waals surface area contributed by atoms with Gasteiger partial charge in [0.15, 0.2) is 41.3 Å². The molecule has 138 heavy (non-hydrogen) atoms. The third kappa shape index (κ3) is 33.5. The molecule has 35 nitrogen and oxygen atoms in total. The number of carboxylic acid groups (broad SMARTS) is 1. The molecular weight excluding hydrogens is 1890 g/mol. The van der Waals surface area contributed by atoms with E-state index in [-0.39, 0.29) is 74.8 Å². The van der Waals surface area contributed by atoms with E-state index >= 15 is 0 Å². The van der Waals surface area contributed by atoms with Crippen LogP contribution in [-0.4, -0.2) is 261 Å². The summed E-state index contributed by atoms with van der Waals surface area (Å²) in [6.07, 6.45) is 3.27. The number of ether oxygens (including phenoxy) is 6. The lowest BCUT2D eigenvalue weighted by molar-refractivity contribution is -0.384. The Kier molecular flexibility index (Phi) is 42.2. The molecule has 5 aliphatic heterocycles. The van der Waals surface area contributed by atoms with Crippen LogP contribution in [0.5, 0.6) is 40.2 Å². The predicted molar refractivity (Wildman–Crippen MR) is 549 cm³/mol. The summed E-state index contributed by atoms with van der Waals surface area (Å²) in [5, 5.41) is 101. The number of aliphatic carboxylic acids is 1. The van der Waals surface area contributed by atoms with Gasteiger partial charge in [0, 0.05) is 92.4 Å². The Bertz CT molecular complexity index is 6260. The number of likely N-dealkylation sites (N-methyl/N-ethyl adjacent to an activating group) is 1. The lowest BCUT2D eigenvalue weighted by atomic mass is 9.98. The fourth-order valence-electron chi connectivity index (χ4n) is 13.0. The molecule has 1 saturated heterocycles. The Morgan fingerprint density at radius 3 is 1.51 bits per heavy atom. The molecule has 15 rings (SSSR count). The molecule has 42 heteroatoms. The average molecular weight is 1990 g/mol. The number of anilines is 1. The molecule has 0 atom stereocenters. The van der Waals surface area contributed by atoms with Gasteiger partial charge in [-0.2, -0.15) is 20.4 Å². The van der Waals surface area contributed by atoms with Crippen LogP contribution in [0.3, 0.4) is 0 Å². The zero-order valence-electron chi connectivity index (χ0n) is 77.5. The molecule has 6 N–H and O–H groups in total. The summed E-state index contributed by atoms with van der Waals surface area (Å²) in [5.74, 6) is 5.39. The molecule has 2 aromatic heterocycles. The topological polar surface area (TPSA) is 457 Å². The first kappa shape index (κ1) is 107. The minimum absolute atomic E-state index is 0.0153. The molecule has 0 bridgehead atoms. The molecule has 724 valence electrons. The number of carboxylic acids is 1. The van der Waals surface area contributed by atoms with Crippen LogP contribution in [0.15, 0.2) is 240 Å². The number of carbonyl (C=O) groups is 5. The first-order valence-electron chi connectivity index (χ1n) is 42.8. The molecule has 8 aromatic carbocycles. The highest BCUT2D eigenvalue weighted by Crippen LogP contribution is 2.41. The van der Waals surface area contributed by atoms with Crippen LogP contribution < -0.4 is 33.3 Å². The van der Waals surface area contributed by atoms with Crippen molar-refractivity contribution >= 4 is 165 Å². The number of carbonyl (C=O) groups excluding carboxylic acids is 4. The molecule has 10 aromatic rings. The van der Waals surface area contributed by atoms with Crippen LogP contribution >= 0.6 is 70.6 Å². The first-order chi connectivity index (χ1) is 66.4. The number of aliphatic hydroxyl groups is 2. The van der Waals surface area contributed by atoms with Crippen molar-refractivity contribution in [1.82, 2.24) is 40.2 Å². The minimum Gasteiger partial charge on any atom is -0.512 e. The van der Waals surface area contributed by atoms with Crippen molar-refractivity contribution in [2.24, 2.45) is 40.8 Å². The number of halogens is 1. The second kappa shape index (κ2) is 54.5. The van der Waals surface area contributed by atoms with Gasteiger partial charge in [-0.1, -0.05) is 128 Å². The van der Waals surface area contributed by atoms with Gasteiger partial charge in [-0.3, -0.25) is 39.5 Å². The van der Waals surface area contributed by atoms with Crippen molar-refractivity contribution in [3.63, 3.8) is 0 Å². The largest absolute Gasteiger partial charge is 0.512 e. The number of fused-ring (bicyclic) bond motifs is 1. The van der Waals surface area contributed by atoms with Crippen molar-refractivity contribution in [3.8, 4) is 63.0 Å². The molecule has 5 aliphatic rings. The van der Waals surface area contributed by atoms with Crippen molar-refractivity contribution in [2.75, 3.05) is 128 Å². The molecule has 0 radical (unpaired) electrons. The number of hydrogen-bond acceptors (Lipinski definition) is 37. The number of nitro benzene ring substituents is 1. The van der Waals surface area contributed by atoms with E-state index in [0.29, 0.717) is 124 Å². The zero-order chi connectivity index (χ0) is 99.2. The standard InChI is InChI=1S/C20H20N2O3S.C17H21FN4OS.C17H23N3O2S.C16H14N2O2S.C13H14N4O5S.C13H13N3O4S/c1-14(23)13-26-19-11-17(21-22-19)16-9-6-10-18(24-2)20(16)25-12-15-7-4-3-5-8-15;1-12(23)11-24-17-10-16(19-20-17)14-4-3-13(9-15(14)18)22-7-5-21(2)6-8-22;1-13(21)12-23-17-11-15(18-19-17)14-7-4-5-8-16(14)22-10-6-9-20(2)3;1-10(19)9-21-15-8-13(17-18-15)16-12-5-3-2-4-11(12)6-7-14(16)20;1-7(18)6-23-13-14-12(15-16-13)8-4-10(21-2)11(22-3)5-9(8)17(19)20;1-8(17)7-21-13-14-12(15-16-13)9-4-2-3-5-10(9)20-6-11(18)19/h3-10H,11-13H2,1-2H3;3-4,9,23H,1,5-8,10-11H2,2H3;4-5,7-8H,6,9-12H2,1-3H3;2-7,19-20H,1,8-9H2;4-5H,6H2,1-3H3,(H,14,15,16);2-5H,6-7H2,1H3,(H,18,19)(H,14,15,16). The van der Waals surface area contributed by atoms with Crippen molar-refractivity contribution in [1.29, 1.82) is 0 Å². The maximum atomic E-state index is 14.5. The lowest BCUT2D eigenvalue weighted by Gasteiger charge is -2.34. The number of nitrogens with zero attached hydrogens (tertiary/aromatic N) is 16. The van der Waals surface area contributed by atoms with Crippen LogP contribution in [0, 0.1) is 15.9 Å². The van der Waals surface area contributed by atoms with E-state index in [9.17, 15) is 43.6 Å². The number of aromatic amines is 2. The number of piperazine rings is 1. The Morgan fingerprint density at radius 1 is 0.500 bits per heavy atom. The lowest BCUT2D eigenvalue weighted by Crippen LogP contribution is -2.44. The Hall–Kier alpha value is -13.4. The number of aliphatic hydroxyl groups excluding tert-OH is 2. The number of thioether (sulfide) groups is 6. The number of aromatic hydroxyl groups is 1. The highest BCUT2D eigenvalue weighted by Gasteiger charge is 2.28. The van der Waals surface area contributed by atoms with Crippen LogP contribution in [0.2, 0.25) is 0 Å². The van der Waals surface area contributed by atoms with E-state index in [1.54, 1.807) is 63.4 Å². The summed E-state index contributed by atoms with van der Waals surface area (Å²) in [6, 6.07) is 50.0. The van der Waals surface area contributed by atoms with Gasteiger partial charge < -0.3 is 63.5 Å².